The van der Waals surface area contributed by atoms with E-state index in [2.05, 4.69) is 15.8 Å². The van der Waals surface area contributed by atoms with Gasteiger partial charge in [0.1, 0.15) is 10.6 Å². The Morgan fingerprint density at radius 3 is 2.59 bits per heavy atom. The van der Waals surface area contributed by atoms with Crippen molar-refractivity contribution in [3.8, 4) is 11.5 Å². The maximum Gasteiger partial charge on any atom is 0.350 e. The molecule has 0 spiro atoms. The number of esters is 2. The number of carbonyl (C=O) groups is 4. The molecule has 1 heterocycles. The molecule has 0 aliphatic heterocycles. The number of rotatable bonds is 9. The Bertz CT molecular complexity index is 1560. The molecule has 3 aromatic rings. The molecule has 1 aliphatic rings. The van der Waals surface area contributed by atoms with E-state index in [1.165, 1.54) is 67.1 Å². The van der Waals surface area contributed by atoms with Crippen molar-refractivity contribution >= 4 is 52.0 Å². The van der Waals surface area contributed by atoms with E-state index in [-0.39, 0.29) is 34.2 Å². The first-order chi connectivity index (χ1) is 19.7. The summed E-state index contributed by atoms with van der Waals surface area (Å²) in [5.74, 6) is -3.46. The van der Waals surface area contributed by atoms with Crippen LogP contribution in [0.25, 0.3) is 0 Å². The Labute approximate surface area is 237 Å². The maximum atomic E-state index is 12.5. The quantitative estimate of drug-likeness (QED) is 0.0956. The van der Waals surface area contributed by atoms with E-state index < -0.39 is 34.4 Å². The summed E-state index contributed by atoms with van der Waals surface area (Å²) in [6.07, 6.45) is 3.61. The second-order valence-corrected chi connectivity index (χ2v) is 9.61. The summed E-state index contributed by atoms with van der Waals surface area (Å²) in [4.78, 5) is 61.3. The second-order valence-electron chi connectivity index (χ2n) is 8.51. The fourth-order valence-electron chi connectivity index (χ4n) is 4.10. The van der Waals surface area contributed by atoms with Crippen LogP contribution in [0.3, 0.4) is 0 Å². The maximum absolute atomic E-state index is 12.5. The predicted molar refractivity (Wildman–Crippen MR) is 148 cm³/mol. The van der Waals surface area contributed by atoms with Gasteiger partial charge in [0.05, 0.1) is 30.4 Å². The predicted octanol–water partition coefficient (Wildman–Crippen LogP) is 3.64. The highest BCUT2D eigenvalue weighted by atomic mass is 32.1. The molecule has 4 rings (SSSR count). The van der Waals surface area contributed by atoms with Gasteiger partial charge in [0.25, 0.3) is 5.69 Å². The topological polar surface area (TPSA) is 176 Å². The van der Waals surface area contributed by atoms with Gasteiger partial charge in [-0.25, -0.2) is 15.0 Å². The van der Waals surface area contributed by atoms with Gasteiger partial charge in [-0.3, -0.25) is 19.7 Å². The molecule has 0 fully saturated rings. The lowest BCUT2D eigenvalue weighted by molar-refractivity contribution is -0.385. The van der Waals surface area contributed by atoms with E-state index in [1.54, 1.807) is 6.92 Å². The molecule has 0 radical (unpaired) electrons. The molecule has 13 nitrogen and oxygen atoms in total. The minimum Gasteiger partial charge on any atom is -0.493 e. The van der Waals surface area contributed by atoms with Gasteiger partial charge in [-0.05, 0) is 61.6 Å². The largest absolute Gasteiger partial charge is 0.493 e. The summed E-state index contributed by atoms with van der Waals surface area (Å²) >= 11 is 1.25. The Balaban J connectivity index is 1.40. The van der Waals surface area contributed by atoms with Crippen LogP contribution in [0.4, 0.5) is 10.7 Å². The van der Waals surface area contributed by atoms with Crippen LogP contribution in [0.5, 0.6) is 11.5 Å². The van der Waals surface area contributed by atoms with Crippen molar-refractivity contribution in [1.82, 2.24) is 5.43 Å². The summed E-state index contributed by atoms with van der Waals surface area (Å²) in [5.41, 5.74) is 3.01. The van der Waals surface area contributed by atoms with E-state index >= 15 is 0 Å². The molecule has 0 saturated heterocycles. The lowest BCUT2D eigenvalue weighted by Gasteiger charge is -2.10. The van der Waals surface area contributed by atoms with Gasteiger partial charge in [0.2, 0.25) is 0 Å². The number of nitrogens with one attached hydrogen (secondary N) is 2. The van der Waals surface area contributed by atoms with Crippen molar-refractivity contribution < 1.29 is 38.3 Å². The Morgan fingerprint density at radius 1 is 1.07 bits per heavy atom. The number of nitro benzene ring substituents is 1. The first-order valence-corrected chi connectivity index (χ1v) is 13.1. The van der Waals surface area contributed by atoms with Crippen LogP contribution < -0.4 is 20.2 Å². The minimum absolute atomic E-state index is 0.00327. The van der Waals surface area contributed by atoms with Crippen LogP contribution >= 0.6 is 11.3 Å². The number of amides is 2. The van der Waals surface area contributed by atoms with Gasteiger partial charge in [-0.15, -0.1) is 11.3 Å². The van der Waals surface area contributed by atoms with E-state index in [1.807, 2.05) is 0 Å². The third kappa shape index (κ3) is 6.55. The van der Waals surface area contributed by atoms with Gasteiger partial charge < -0.3 is 19.5 Å². The van der Waals surface area contributed by atoms with E-state index in [0.29, 0.717) is 12.0 Å². The average Bonchev–Trinajstić information content (AvgIpc) is 3.54. The first kappa shape index (κ1) is 28.9. The number of fused-ring (bicyclic) bond motifs is 1. The van der Waals surface area contributed by atoms with E-state index in [0.717, 1.165) is 23.3 Å². The number of anilines is 1. The van der Waals surface area contributed by atoms with Gasteiger partial charge in [0.15, 0.2) is 11.5 Å². The van der Waals surface area contributed by atoms with E-state index in [4.69, 9.17) is 14.2 Å². The number of hydrazone groups is 1. The molecule has 0 atom stereocenters. The highest BCUT2D eigenvalue weighted by Gasteiger charge is 2.29. The summed E-state index contributed by atoms with van der Waals surface area (Å²) in [6, 6.07) is 9.68. The van der Waals surface area contributed by atoms with Crippen molar-refractivity contribution in [2.24, 2.45) is 5.10 Å². The molecule has 212 valence electrons. The molecule has 14 heteroatoms. The number of hydrogen-bond acceptors (Lipinski definition) is 11. The summed E-state index contributed by atoms with van der Waals surface area (Å²) in [5, 5.41) is 17.7. The number of nitrogens with zero attached hydrogens (tertiary/aromatic N) is 2. The normalized spacial score (nSPS) is 12.0. The van der Waals surface area contributed by atoms with E-state index in [9.17, 15) is 29.3 Å². The third-order valence-electron chi connectivity index (χ3n) is 5.92. The van der Waals surface area contributed by atoms with Crippen molar-refractivity contribution in [2.45, 2.75) is 26.2 Å². The summed E-state index contributed by atoms with van der Waals surface area (Å²) in [7, 11) is 1.33. The van der Waals surface area contributed by atoms with Crippen LogP contribution in [-0.2, 0) is 27.2 Å². The zero-order valence-corrected chi connectivity index (χ0v) is 22.7. The smallest absolute Gasteiger partial charge is 0.350 e. The Kier molecular flexibility index (Phi) is 9.04. The Morgan fingerprint density at radius 2 is 1.85 bits per heavy atom. The zero-order chi connectivity index (χ0) is 29.5. The number of aryl methyl sites for hydroxylation is 1. The molecule has 1 aromatic heterocycles. The number of benzene rings is 2. The number of thiophene rings is 1. The fraction of sp³-hybridized carbons (Fsp3) is 0.222. The fourth-order valence-corrected chi connectivity index (χ4v) is 5.37. The van der Waals surface area contributed by atoms with Crippen LogP contribution in [0.1, 0.15) is 50.1 Å². The molecule has 0 unspecified atom stereocenters. The second kappa shape index (κ2) is 12.8. The lowest BCUT2D eigenvalue weighted by atomic mass is 10.1. The summed E-state index contributed by atoms with van der Waals surface area (Å²) < 4.78 is 15.7. The van der Waals surface area contributed by atoms with Gasteiger partial charge in [0, 0.05) is 10.9 Å². The van der Waals surface area contributed by atoms with Crippen LogP contribution in [0.15, 0.2) is 47.6 Å². The molecule has 2 aromatic carbocycles. The van der Waals surface area contributed by atoms with Gasteiger partial charge in [-0.1, -0.05) is 12.1 Å². The number of methoxy groups -OCH3 is 1. The molecule has 2 amide bonds. The van der Waals surface area contributed by atoms with Crippen LogP contribution in [0, 0.1) is 10.1 Å². The molecule has 2 N–H and O–H groups in total. The number of hydrogen-bond donors (Lipinski definition) is 2. The standard InChI is InChI=1S/C27H24N4O9S/c1-3-39-27(35)22-17-8-6-10-21(17)41-25(22)29-23(32)24(33)30-28-14-15-11-12-19(20(13-15)38-2)40-26(34)16-7-4-5-9-18(16)31(36)37/h4-5,7,9,11-14H,3,6,8,10H2,1-2H3,(H,29,32)(H,30,33). The SMILES string of the molecule is CCOC(=O)c1c(NC(=O)C(=O)NN=Cc2ccc(OC(=O)c3ccccc3[N+](=O)[O-])c(OC)c2)sc2c1CCC2. The monoisotopic (exact) mass is 580 g/mol. The number of para-hydroxylation sites is 1. The summed E-state index contributed by atoms with van der Waals surface area (Å²) in [6.45, 7) is 1.86. The number of ether oxygens (including phenoxy) is 3. The zero-order valence-electron chi connectivity index (χ0n) is 21.9. The average molecular weight is 581 g/mol. The Hall–Kier alpha value is -5.11. The van der Waals surface area contributed by atoms with Crippen molar-refractivity contribution in [1.29, 1.82) is 0 Å². The van der Waals surface area contributed by atoms with Crippen molar-refractivity contribution in [3.63, 3.8) is 0 Å². The van der Waals surface area contributed by atoms with Crippen molar-refractivity contribution in [2.75, 3.05) is 19.0 Å². The van der Waals surface area contributed by atoms with Crippen LogP contribution in [0.2, 0.25) is 0 Å². The number of carbonyl (C=O) groups excluding carboxylic acids is 4. The molecule has 1 aliphatic carbocycles. The molecule has 0 saturated carbocycles. The minimum atomic E-state index is -1.06. The highest BCUT2D eigenvalue weighted by Crippen LogP contribution is 2.39. The van der Waals surface area contributed by atoms with Crippen LogP contribution in [-0.4, -0.2) is 48.6 Å². The molecule has 0 bridgehead atoms. The molecular formula is C27H24N4O9S. The third-order valence-corrected chi connectivity index (χ3v) is 7.13. The first-order valence-electron chi connectivity index (χ1n) is 12.3. The van der Waals surface area contributed by atoms with Crippen molar-refractivity contribution in [3.05, 3.63) is 79.7 Å². The molecule has 41 heavy (non-hydrogen) atoms. The highest BCUT2D eigenvalue weighted by molar-refractivity contribution is 7.17. The number of nitro groups is 1. The lowest BCUT2D eigenvalue weighted by Crippen LogP contribution is -2.32. The van der Waals surface area contributed by atoms with Gasteiger partial charge >= 0.3 is 23.8 Å². The van der Waals surface area contributed by atoms with Gasteiger partial charge in [-0.2, -0.15) is 5.10 Å². The molecular weight excluding hydrogens is 556 g/mol.